The van der Waals surface area contributed by atoms with Crippen molar-refractivity contribution in [2.75, 3.05) is 39.4 Å². The first kappa shape index (κ1) is 16.4. The minimum atomic E-state index is -0.670. The van der Waals surface area contributed by atoms with E-state index in [9.17, 15) is 20.1 Å². The van der Waals surface area contributed by atoms with Crippen molar-refractivity contribution in [3.05, 3.63) is 33.2 Å². The number of hydrogen-bond acceptors (Lipinski definition) is 8. The van der Waals surface area contributed by atoms with E-state index >= 15 is 0 Å². The number of nitro groups is 1. The molecule has 3 heterocycles. The SMILES string of the molecule is O=C1OC(C[N+]2([O-])CCOCC2)CN1N=Cc1ccc([N+](=O)[O-])o1. The van der Waals surface area contributed by atoms with Gasteiger partial charge in [-0.15, -0.1) is 0 Å². The number of hydroxylamine groups is 3. The van der Waals surface area contributed by atoms with Crippen molar-refractivity contribution in [2.45, 2.75) is 6.10 Å². The van der Waals surface area contributed by atoms with Crippen molar-refractivity contribution in [3.8, 4) is 0 Å². The van der Waals surface area contributed by atoms with Crippen LogP contribution in [0, 0.1) is 15.3 Å². The summed E-state index contributed by atoms with van der Waals surface area (Å²) in [6.07, 6.45) is -0.0410. The minimum absolute atomic E-state index is 0.137. The van der Waals surface area contributed by atoms with Gasteiger partial charge >= 0.3 is 12.0 Å². The number of morpholine rings is 1. The molecular weight excluding hydrogens is 324 g/mol. The number of quaternary nitrogens is 1. The van der Waals surface area contributed by atoms with Crippen LogP contribution in [0.5, 0.6) is 0 Å². The number of cyclic esters (lactones) is 1. The molecule has 0 radical (unpaired) electrons. The fraction of sp³-hybridized carbons (Fsp3) is 0.538. The molecule has 130 valence electrons. The summed E-state index contributed by atoms with van der Waals surface area (Å²) >= 11 is 0. The van der Waals surface area contributed by atoms with Gasteiger partial charge in [0, 0.05) is 0 Å². The van der Waals surface area contributed by atoms with Crippen LogP contribution in [0.1, 0.15) is 5.76 Å². The number of furan rings is 1. The van der Waals surface area contributed by atoms with Crippen molar-refractivity contribution >= 4 is 18.2 Å². The molecule has 2 saturated heterocycles. The van der Waals surface area contributed by atoms with Crippen LogP contribution in [0.2, 0.25) is 0 Å². The Morgan fingerprint density at radius 2 is 2.17 bits per heavy atom. The number of hydrogen-bond donors (Lipinski definition) is 0. The molecular formula is C13H16N4O7. The van der Waals surface area contributed by atoms with Crippen molar-refractivity contribution in [1.29, 1.82) is 0 Å². The molecule has 0 spiro atoms. The lowest BCUT2D eigenvalue weighted by molar-refractivity contribution is -0.891. The summed E-state index contributed by atoms with van der Waals surface area (Å²) in [6.45, 7) is 1.72. The van der Waals surface area contributed by atoms with Crippen LogP contribution >= 0.6 is 0 Å². The predicted octanol–water partition coefficient (Wildman–Crippen LogP) is 0.687. The summed E-state index contributed by atoms with van der Waals surface area (Å²) in [6, 6.07) is 2.56. The second-order valence-electron chi connectivity index (χ2n) is 5.57. The number of carbonyl (C=O) groups is 1. The zero-order valence-corrected chi connectivity index (χ0v) is 12.7. The predicted molar refractivity (Wildman–Crippen MR) is 79.0 cm³/mol. The Bertz CT molecular complexity index is 653. The number of nitrogens with zero attached hydrogens (tertiary/aromatic N) is 4. The lowest BCUT2D eigenvalue weighted by atomic mass is 10.3. The molecule has 0 N–H and O–H groups in total. The fourth-order valence-electron chi connectivity index (χ4n) is 2.56. The van der Waals surface area contributed by atoms with E-state index in [0.29, 0.717) is 26.3 Å². The van der Waals surface area contributed by atoms with Gasteiger partial charge in [0.15, 0.2) is 11.9 Å². The Hall–Kier alpha value is -2.50. The standard InChI is InChI=1S/C13H16N4O7/c18-13-15(14-7-10-1-2-12(23-10)16(19)20)8-11(24-13)9-17(21)3-5-22-6-4-17/h1-2,7,11H,3-6,8-9H2. The van der Waals surface area contributed by atoms with Crippen molar-refractivity contribution in [2.24, 2.45) is 5.10 Å². The van der Waals surface area contributed by atoms with Gasteiger partial charge in [-0.25, -0.2) is 4.79 Å². The zero-order valence-electron chi connectivity index (χ0n) is 12.7. The van der Waals surface area contributed by atoms with Gasteiger partial charge in [-0.05, 0) is 6.07 Å². The molecule has 2 fully saturated rings. The van der Waals surface area contributed by atoms with Gasteiger partial charge < -0.3 is 23.7 Å². The van der Waals surface area contributed by atoms with E-state index < -0.39 is 27.7 Å². The Balaban J connectivity index is 1.58. The molecule has 2 aliphatic heterocycles. The van der Waals surface area contributed by atoms with E-state index in [0.717, 1.165) is 5.01 Å². The molecule has 0 saturated carbocycles. The molecule has 1 aromatic rings. The van der Waals surface area contributed by atoms with Crippen LogP contribution in [-0.2, 0) is 9.47 Å². The molecule has 2 aliphatic rings. The summed E-state index contributed by atoms with van der Waals surface area (Å²) in [7, 11) is 0. The number of ether oxygens (including phenoxy) is 2. The van der Waals surface area contributed by atoms with E-state index in [1.54, 1.807) is 0 Å². The maximum Gasteiger partial charge on any atom is 0.433 e. The van der Waals surface area contributed by atoms with E-state index in [2.05, 4.69) is 5.10 Å². The Kier molecular flexibility index (Phi) is 4.46. The molecule has 0 bridgehead atoms. The first-order chi connectivity index (χ1) is 11.5. The molecule has 1 atom stereocenters. The summed E-state index contributed by atoms with van der Waals surface area (Å²) in [4.78, 5) is 21.6. The minimum Gasteiger partial charge on any atom is -0.633 e. The molecule has 11 nitrogen and oxygen atoms in total. The summed E-state index contributed by atoms with van der Waals surface area (Å²) in [5.74, 6) is -0.276. The second-order valence-corrected chi connectivity index (χ2v) is 5.57. The van der Waals surface area contributed by atoms with E-state index in [-0.39, 0.29) is 18.8 Å². The van der Waals surface area contributed by atoms with Gasteiger partial charge in [-0.3, -0.25) is 10.1 Å². The monoisotopic (exact) mass is 340 g/mol. The molecule has 1 amide bonds. The van der Waals surface area contributed by atoms with Gasteiger partial charge in [-0.2, -0.15) is 10.1 Å². The number of amides is 1. The third-order valence-electron chi connectivity index (χ3n) is 3.79. The topological polar surface area (TPSA) is 130 Å². The molecule has 1 unspecified atom stereocenters. The van der Waals surface area contributed by atoms with Crippen LogP contribution in [0.3, 0.4) is 0 Å². The summed E-state index contributed by atoms with van der Waals surface area (Å²) < 4.78 is 14.8. The smallest absolute Gasteiger partial charge is 0.433 e. The third-order valence-corrected chi connectivity index (χ3v) is 3.79. The Labute approximate surface area is 136 Å². The van der Waals surface area contributed by atoms with Crippen molar-refractivity contribution < 1.29 is 28.3 Å². The molecule has 24 heavy (non-hydrogen) atoms. The average Bonchev–Trinajstić information content (AvgIpc) is 3.12. The van der Waals surface area contributed by atoms with Gasteiger partial charge in [0.25, 0.3) is 0 Å². The van der Waals surface area contributed by atoms with Crippen molar-refractivity contribution in [1.82, 2.24) is 5.01 Å². The normalized spacial score (nSPS) is 23.6. The maximum absolute atomic E-state index is 12.5. The second kappa shape index (κ2) is 6.55. The number of hydrazone groups is 1. The van der Waals surface area contributed by atoms with Gasteiger partial charge in [0.05, 0.1) is 32.0 Å². The Morgan fingerprint density at radius 1 is 1.42 bits per heavy atom. The maximum atomic E-state index is 12.5. The highest BCUT2D eigenvalue weighted by atomic mass is 16.6. The van der Waals surface area contributed by atoms with Gasteiger partial charge in [-0.1, -0.05) is 0 Å². The van der Waals surface area contributed by atoms with Crippen LogP contribution in [0.25, 0.3) is 0 Å². The van der Waals surface area contributed by atoms with E-state index in [1.807, 2.05) is 0 Å². The quantitative estimate of drug-likeness (QED) is 0.253. The van der Waals surface area contributed by atoms with Crippen LogP contribution in [0.4, 0.5) is 10.7 Å². The zero-order chi connectivity index (χ0) is 17.2. The molecule has 0 aromatic carbocycles. The summed E-state index contributed by atoms with van der Waals surface area (Å²) in [5.41, 5.74) is 0. The summed E-state index contributed by atoms with van der Waals surface area (Å²) in [5, 5.41) is 28.0. The largest absolute Gasteiger partial charge is 0.633 e. The first-order valence-electron chi connectivity index (χ1n) is 7.36. The van der Waals surface area contributed by atoms with E-state index in [4.69, 9.17) is 13.9 Å². The van der Waals surface area contributed by atoms with E-state index in [1.165, 1.54) is 18.3 Å². The van der Waals surface area contributed by atoms with Gasteiger partial charge in [0.1, 0.15) is 24.6 Å². The third kappa shape index (κ3) is 3.69. The highest BCUT2D eigenvalue weighted by molar-refractivity contribution is 5.78. The molecule has 0 aliphatic carbocycles. The molecule has 3 rings (SSSR count). The lowest BCUT2D eigenvalue weighted by Gasteiger charge is -2.45. The van der Waals surface area contributed by atoms with Crippen LogP contribution in [0.15, 0.2) is 21.7 Å². The van der Waals surface area contributed by atoms with Crippen molar-refractivity contribution in [3.63, 3.8) is 0 Å². The first-order valence-corrected chi connectivity index (χ1v) is 7.36. The number of rotatable bonds is 5. The highest BCUT2D eigenvalue weighted by Crippen LogP contribution is 2.19. The average molecular weight is 340 g/mol. The Morgan fingerprint density at radius 3 is 2.83 bits per heavy atom. The number of carbonyl (C=O) groups excluding carboxylic acids is 1. The fourth-order valence-corrected chi connectivity index (χ4v) is 2.56. The van der Waals surface area contributed by atoms with Crippen LogP contribution < -0.4 is 0 Å². The lowest BCUT2D eigenvalue weighted by Crippen LogP contribution is -2.54. The highest BCUT2D eigenvalue weighted by Gasteiger charge is 2.36. The van der Waals surface area contributed by atoms with Crippen LogP contribution in [-0.4, -0.2) is 72.4 Å². The molecule has 11 heteroatoms. The molecule has 1 aromatic heterocycles. The van der Waals surface area contributed by atoms with Gasteiger partial charge in [0.2, 0.25) is 0 Å².